The van der Waals surface area contributed by atoms with Crippen LogP contribution in [0.4, 0.5) is 0 Å². The van der Waals surface area contributed by atoms with Crippen molar-refractivity contribution in [1.82, 2.24) is 20.5 Å². The van der Waals surface area contributed by atoms with Crippen molar-refractivity contribution in [2.45, 2.75) is 64.0 Å². The molecule has 8 heteroatoms. The zero-order valence-corrected chi connectivity index (χ0v) is 18.6. The number of nitrogens with one attached hydrogen (secondary N) is 2. The molecule has 0 bridgehead atoms. The van der Waals surface area contributed by atoms with Crippen LogP contribution in [-0.4, -0.2) is 67.1 Å². The number of hydrogen-bond donors (Lipinski definition) is 2. The Bertz CT molecular complexity index is 689. The van der Waals surface area contributed by atoms with Gasteiger partial charge < -0.3 is 15.4 Å². The van der Waals surface area contributed by atoms with E-state index >= 15 is 0 Å². The van der Waals surface area contributed by atoms with Gasteiger partial charge in [-0.1, -0.05) is 13.8 Å². The summed E-state index contributed by atoms with van der Waals surface area (Å²) in [6.07, 6.45) is 5.09. The number of ether oxygens (including phenoxy) is 1. The van der Waals surface area contributed by atoms with Crippen molar-refractivity contribution in [2.24, 2.45) is 5.92 Å². The van der Waals surface area contributed by atoms with E-state index in [2.05, 4.69) is 34.4 Å². The first-order valence-corrected chi connectivity index (χ1v) is 11.6. The molecule has 0 spiro atoms. The van der Waals surface area contributed by atoms with Crippen molar-refractivity contribution in [3.63, 3.8) is 0 Å². The predicted octanol–water partition coefficient (Wildman–Crippen LogP) is 2.39. The van der Waals surface area contributed by atoms with E-state index < -0.39 is 0 Å². The number of carbonyl (C=O) groups excluding carboxylic acids is 2. The van der Waals surface area contributed by atoms with E-state index in [0.717, 1.165) is 31.0 Å². The van der Waals surface area contributed by atoms with E-state index in [1.54, 1.807) is 7.11 Å². The molecule has 2 amide bonds. The molecule has 0 radical (unpaired) electrons. The van der Waals surface area contributed by atoms with Crippen molar-refractivity contribution < 1.29 is 14.3 Å². The van der Waals surface area contributed by atoms with Crippen molar-refractivity contribution in [3.05, 3.63) is 16.1 Å². The molecule has 0 unspecified atom stereocenters. The maximum atomic E-state index is 12.5. The van der Waals surface area contributed by atoms with Crippen molar-refractivity contribution in [1.29, 1.82) is 0 Å². The van der Waals surface area contributed by atoms with Crippen molar-refractivity contribution >= 4 is 23.2 Å². The van der Waals surface area contributed by atoms with Gasteiger partial charge >= 0.3 is 0 Å². The molecule has 1 aliphatic carbocycles. The molecule has 1 saturated carbocycles. The van der Waals surface area contributed by atoms with E-state index in [1.807, 2.05) is 5.38 Å². The molecule has 162 valence electrons. The third kappa shape index (κ3) is 6.49. The van der Waals surface area contributed by atoms with Gasteiger partial charge in [-0.05, 0) is 37.5 Å². The number of carbonyl (C=O) groups is 2. The van der Waals surface area contributed by atoms with E-state index in [0.29, 0.717) is 43.1 Å². The van der Waals surface area contributed by atoms with Crippen LogP contribution < -0.4 is 10.6 Å². The summed E-state index contributed by atoms with van der Waals surface area (Å²) in [5, 5.41) is 8.52. The summed E-state index contributed by atoms with van der Waals surface area (Å²) in [6, 6.07) is 0.549. The van der Waals surface area contributed by atoms with E-state index in [4.69, 9.17) is 4.74 Å². The van der Waals surface area contributed by atoms with Crippen LogP contribution in [0.15, 0.2) is 5.38 Å². The fraction of sp³-hybridized carbons (Fsp3) is 0.762. The Balaban J connectivity index is 1.52. The van der Waals surface area contributed by atoms with Crippen molar-refractivity contribution in [3.8, 4) is 0 Å². The molecule has 1 saturated heterocycles. The second-order valence-electron chi connectivity index (χ2n) is 8.51. The second-order valence-corrected chi connectivity index (χ2v) is 9.37. The Morgan fingerprint density at radius 3 is 2.66 bits per heavy atom. The second kappa shape index (κ2) is 10.5. The first-order valence-electron chi connectivity index (χ1n) is 10.7. The number of likely N-dealkylation sites (tertiary alicyclic amines) is 1. The van der Waals surface area contributed by atoms with Gasteiger partial charge in [0.05, 0.1) is 12.3 Å². The molecule has 1 aromatic heterocycles. The Labute approximate surface area is 177 Å². The van der Waals surface area contributed by atoms with Crippen LogP contribution in [0.3, 0.4) is 0 Å². The molecule has 1 aliphatic heterocycles. The first-order chi connectivity index (χ1) is 14.0. The molecule has 7 nitrogen and oxygen atoms in total. The predicted molar refractivity (Wildman–Crippen MR) is 114 cm³/mol. The van der Waals surface area contributed by atoms with Gasteiger partial charge in [0.15, 0.2) is 5.01 Å². The van der Waals surface area contributed by atoms with Gasteiger partial charge in [0, 0.05) is 50.6 Å². The first kappa shape index (κ1) is 22.2. The van der Waals surface area contributed by atoms with Crippen LogP contribution in [-0.2, 0) is 9.53 Å². The number of aromatic nitrogens is 1. The monoisotopic (exact) mass is 422 g/mol. The molecule has 3 rings (SSSR count). The summed E-state index contributed by atoms with van der Waals surface area (Å²) in [4.78, 5) is 31.7. The Hall–Kier alpha value is -1.51. The lowest BCUT2D eigenvalue weighted by Gasteiger charge is -2.30. The molecule has 2 fully saturated rings. The Morgan fingerprint density at radius 1 is 1.24 bits per heavy atom. The number of thiazole rings is 1. The van der Waals surface area contributed by atoms with Gasteiger partial charge in [0.1, 0.15) is 0 Å². The summed E-state index contributed by atoms with van der Waals surface area (Å²) in [5.74, 6) is 1.07. The van der Waals surface area contributed by atoms with Gasteiger partial charge in [-0.3, -0.25) is 14.5 Å². The van der Waals surface area contributed by atoms with Crippen LogP contribution >= 0.6 is 11.3 Å². The van der Waals surface area contributed by atoms with E-state index in [1.165, 1.54) is 24.2 Å². The number of hydrogen-bond acceptors (Lipinski definition) is 6. The minimum absolute atomic E-state index is 0.0848. The maximum Gasteiger partial charge on any atom is 0.280 e. The highest BCUT2D eigenvalue weighted by Crippen LogP contribution is 2.35. The zero-order chi connectivity index (χ0) is 20.8. The molecule has 2 N–H and O–H groups in total. The average molecular weight is 423 g/mol. The van der Waals surface area contributed by atoms with Crippen LogP contribution in [0, 0.1) is 5.92 Å². The van der Waals surface area contributed by atoms with Crippen molar-refractivity contribution in [2.75, 3.05) is 33.4 Å². The van der Waals surface area contributed by atoms with E-state index in [-0.39, 0.29) is 17.9 Å². The summed E-state index contributed by atoms with van der Waals surface area (Å²) < 4.78 is 5.00. The SMILES string of the molecule is COCCNC(=O)C[C@H]1CC[C@@H](CNC(=O)c2nc(C(C)C)cs2)N1CC1CC1. The normalized spacial score (nSPS) is 22.2. The topological polar surface area (TPSA) is 83.6 Å². The Morgan fingerprint density at radius 2 is 2.00 bits per heavy atom. The quantitative estimate of drug-likeness (QED) is 0.535. The van der Waals surface area contributed by atoms with Gasteiger partial charge in [-0.2, -0.15) is 0 Å². The molecular formula is C21H34N4O3S. The van der Waals surface area contributed by atoms with Gasteiger partial charge in [0.25, 0.3) is 5.91 Å². The largest absolute Gasteiger partial charge is 0.383 e. The zero-order valence-electron chi connectivity index (χ0n) is 17.8. The van der Waals surface area contributed by atoms with Crippen LogP contribution in [0.1, 0.15) is 67.4 Å². The van der Waals surface area contributed by atoms with Gasteiger partial charge in [-0.25, -0.2) is 4.98 Å². The number of nitrogens with zero attached hydrogens (tertiary/aromatic N) is 2. The van der Waals surface area contributed by atoms with Gasteiger partial charge in [0.2, 0.25) is 5.91 Å². The fourth-order valence-corrected chi connectivity index (χ4v) is 4.76. The lowest BCUT2D eigenvalue weighted by Crippen LogP contribution is -2.45. The molecule has 1 aromatic rings. The fourth-order valence-electron chi connectivity index (χ4n) is 3.87. The molecule has 2 atom stereocenters. The minimum Gasteiger partial charge on any atom is -0.383 e. The molecular weight excluding hydrogens is 388 g/mol. The highest BCUT2D eigenvalue weighted by Gasteiger charge is 2.38. The molecule has 29 heavy (non-hydrogen) atoms. The summed E-state index contributed by atoms with van der Waals surface area (Å²) in [6.45, 7) is 6.89. The summed E-state index contributed by atoms with van der Waals surface area (Å²) in [7, 11) is 1.63. The number of rotatable bonds is 11. The maximum absolute atomic E-state index is 12.5. The van der Waals surface area contributed by atoms with Crippen LogP contribution in [0.5, 0.6) is 0 Å². The third-order valence-electron chi connectivity index (χ3n) is 5.79. The van der Waals surface area contributed by atoms with E-state index in [9.17, 15) is 9.59 Å². The number of methoxy groups -OCH3 is 1. The highest BCUT2D eigenvalue weighted by molar-refractivity contribution is 7.11. The lowest BCUT2D eigenvalue weighted by atomic mass is 10.1. The highest BCUT2D eigenvalue weighted by atomic mass is 32.1. The summed E-state index contributed by atoms with van der Waals surface area (Å²) >= 11 is 1.41. The minimum atomic E-state index is -0.0889. The summed E-state index contributed by atoms with van der Waals surface area (Å²) in [5.41, 5.74) is 0.968. The average Bonchev–Trinajstić information content (AvgIpc) is 3.22. The van der Waals surface area contributed by atoms with Gasteiger partial charge in [-0.15, -0.1) is 11.3 Å². The lowest BCUT2D eigenvalue weighted by molar-refractivity contribution is -0.122. The smallest absolute Gasteiger partial charge is 0.280 e. The third-order valence-corrected chi connectivity index (χ3v) is 6.65. The van der Waals surface area contributed by atoms with Crippen LogP contribution in [0.2, 0.25) is 0 Å². The number of amides is 2. The Kier molecular flexibility index (Phi) is 8.03. The van der Waals surface area contributed by atoms with Crippen LogP contribution in [0.25, 0.3) is 0 Å². The molecule has 2 heterocycles. The molecule has 2 aliphatic rings. The molecule has 0 aromatic carbocycles. The standard InChI is InChI=1S/C21H34N4O3S/c1-14(2)18-13-29-21(24-18)20(27)23-11-17-7-6-16(25(17)12-15-4-5-15)10-19(26)22-8-9-28-3/h13-17H,4-12H2,1-3H3,(H,22,26)(H,23,27)/t16-,17+/m1/s1.